The molecule has 0 spiro atoms. The molecule has 92 valence electrons. The summed E-state index contributed by atoms with van der Waals surface area (Å²) in [7, 11) is 1.76. The van der Waals surface area contributed by atoms with Gasteiger partial charge >= 0.3 is 0 Å². The van der Waals surface area contributed by atoms with E-state index in [0.717, 1.165) is 5.69 Å². The van der Waals surface area contributed by atoms with Gasteiger partial charge in [0.2, 0.25) is 0 Å². The summed E-state index contributed by atoms with van der Waals surface area (Å²) in [6.45, 7) is 0. The molecule has 2 aromatic carbocycles. The molecule has 0 amide bonds. The zero-order valence-corrected chi connectivity index (χ0v) is 10.7. The van der Waals surface area contributed by atoms with Crippen LogP contribution in [0.15, 0.2) is 54.6 Å². The first kappa shape index (κ1) is 12.5. The van der Waals surface area contributed by atoms with Gasteiger partial charge in [-0.1, -0.05) is 35.9 Å². The Morgan fingerprint density at radius 3 is 2.50 bits per heavy atom. The Balaban J connectivity index is 2.10. The Labute approximate surface area is 111 Å². The van der Waals surface area contributed by atoms with Gasteiger partial charge < -0.3 is 4.74 Å². The molecule has 0 bridgehead atoms. The number of hydrogen-bond acceptors (Lipinski definition) is 2. The Morgan fingerprint density at radius 1 is 1.11 bits per heavy atom. The number of halogens is 1. The molecule has 0 saturated heterocycles. The topological polar surface area (TPSA) is 36.3 Å². The number of benzene rings is 2. The van der Waals surface area contributed by atoms with Crippen LogP contribution in [0.3, 0.4) is 0 Å². The monoisotopic (exact) mass is 260 g/mol. The third kappa shape index (κ3) is 3.02. The van der Waals surface area contributed by atoms with Crippen LogP contribution in [0.25, 0.3) is 0 Å². The van der Waals surface area contributed by atoms with E-state index in [1.165, 1.54) is 0 Å². The fraction of sp³-hybridized carbons (Fsp3) is 0.0714. The standard InChI is InChI=1S/C14H13ClN2O/c1-17(12-7-5-6-11(15)10-12)14(16)18-13-8-3-2-4-9-13/h2-10,16H,1H3. The van der Waals surface area contributed by atoms with E-state index in [9.17, 15) is 0 Å². The second-order valence-corrected chi connectivity index (χ2v) is 4.20. The van der Waals surface area contributed by atoms with Crippen LogP contribution in [0.5, 0.6) is 5.75 Å². The molecule has 3 nitrogen and oxygen atoms in total. The summed E-state index contributed by atoms with van der Waals surface area (Å²) in [5.41, 5.74) is 0.809. The zero-order chi connectivity index (χ0) is 13.0. The highest BCUT2D eigenvalue weighted by Gasteiger charge is 2.09. The van der Waals surface area contributed by atoms with Crippen molar-refractivity contribution in [3.05, 3.63) is 59.6 Å². The normalized spacial score (nSPS) is 9.89. The number of anilines is 1. The van der Waals surface area contributed by atoms with Gasteiger partial charge in [-0.15, -0.1) is 0 Å². The Kier molecular flexibility index (Phi) is 3.85. The summed E-state index contributed by atoms with van der Waals surface area (Å²) in [6.07, 6.45) is 0. The van der Waals surface area contributed by atoms with E-state index in [0.29, 0.717) is 10.8 Å². The second kappa shape index (κ2) is 5.56. The largest absolute Gasteiger partial charge is 0.426 e. The number of rotatable bonds is 2. The van der Waals surface area contributed by atoms with Crippen molar-refractivity contribution in [1.82, 2.24) is 0 Å². The van der Waals surface area contributed by atoms with Crippen molar-refractivity contribution >= 4 is 23.3 Å². The van der Waals surface area contributed by atoms with Crippen LogP contribution in [0.2, 0.25) is 5.02 Å². The van der Waals surface area contributed by atoms with Crippen LogP contribution in [0.4, 0.5) is 5.69 Å². The third-order valence-corrected chi connectivity index (χ3v) is 2.69. The fourth-order valence-corrected chi connectivity index (χ4v) is 1.66. The van der Waals surface area contributed by atoms with Crippen molar-refractivity contribution in [3.8, 4) is 5.75 Å². The summed E-state index contributed by atoms with van der Waals surface area (Å²) in [4.78, 5) is 1.62. The second-order valence-electron chi connectivity index (χ2n) is 3.76. The minimum absolute atomic E-state index is 0.0449. The summed E-state index contributed by atoms with van der Waals surface area (Å²) in [5, 5.41) is 8.53. The first-order valence-electron chi connectivity index (χ1n) is 5.47. The van der Waals surface area contributed by atoms with Crippen molar-refractivity contribution in [2.45, 2.75) is 0 Å². The molecule has 18 heavy (non-hydrogen) atoms. The van der Waals surface area contributed by atoms with E-state index in [4.69, 9.17) is 21.7 Å². The number of hydrogen-bond donors (Lipinski definition) is 1. The Morgan fingerprint density at radius 2 is 1.83 bits per heavy atom. The number of nitrogens with one attached hydrogen (secondary N) is 1. The lowest BCUT2D eigenvalue weighted by atomic mass is 10.3. The molecular weight excluding hydrogens is 248 g/mol. The molecule has 4 heteroatoms. The lowest BCUT2D eigenvalue weighted by Crippen LogP contribution is -2.30. The van der Waals surface area contributed by atoms with Gasteiger partial charge in [0.05, 0.1) is 0 Å². The summed E-state index contributed by atoms with van der Waals surface area (Å²) in [6, 6.07) is 16.6. The van der Waals surface area contributed by atoms with Crippen LogP contribution in [-0.2, 0) is 0 Å². The van der Waals surface area contributed by atoms with Crippen molar-refractivity contribution in [3.63, 3.8) is 0 Å². The highest BCUT2D eigenvalue weighted by molar-refractivity contribution is 6.30. The SMILES string of the molecule is CN(C(=N)Oc1ccccc1)c1cccc(Cl)c1. The van der Waals surface area contributed by atoms with Gasteiger partial charge in [0, 0.05) is 17.8 Å². The highest BCUT2D eigenvalue weighted by Crippen LogP contribution is 2.19. The van der Waals surface area contributed by atoms with Gasteiger partial charge in [0.25, 0.3) is 6.02 Å². The lowest BCUT2D eigenvalue weighted by molar-refractivity contribution is 0.531. The van der Waals surface area contributed by atoms with E-state index in [2.05, 4.69) is 0 Å². The Bertz CT molecular complexity index is 543. The molecule has 0 aliphatic heterocycles. The third-order valence-electron chi connectivity index (χ3n) is 2.46. The van der Waals surface area contributed by atoms with Gasteiger partial charge in [-0.25, -0.2) is 0 Å². The van der Waals surface area contributed by atoms with Gasteiger partial charge in [-0.05, 0) is 30.3 Å². The molecule has 0 saturated carbocycles. The summed E-state index contributed by atoms with van der Waals surface area (Å²) < 4.78 is 5.44. The number of amidine groups is 1. The molecule has 2 rings (SSSR count). The van der Waals surface area contributed by atoms with Gasteiger partial charge in [-0.3, -0.25) is 10.3 Å². The number of para-hydroxylation sites is 1. The van der Waals surface area contributed by atoms with E-state index in [1.807, 2.05) is 30.3 Å². The minimum atomic E-state index is 0.0449. The maximum absolute atomic E-state index is 7.90. The number of ether oxygens (including phenoxy) is 1. The minimum Gasteiger partial charge on any atom is -0.426 e. The molecule has 0 unspecified atom stereocenters. The molecule has 0 radical (unpaired) electrons. The van der Waals surface area contributed by atoms with Crippen LogP contribution in [0, 0.1) is 5.41 Å². The average Bonchev–Trinajstić information content (AvgIpc) is 2.39. The smallest absolute Gasteiger partial charge is 0.294 e. The molecular formula is C14H13ClN2O. The van der Waals surface area contributed by atoms with Crippen LogP contribution < -0.4 is 9.64 Å². The summed E-state index contributed by atoms with van der Waals surface area (Å²) in [5.74, 6) is 0.636. The van der Waals surface area contributed by atoms with Gasteiger partial charge in [0.15, 0.2) is 0 Å². The van der Waals surface area contributed by atoms with E-state index < -0.39 is 0 Å². The van der Waals surface area contributed by atoms with E-state index in [-0.39, 0.29) is 6.02 Å². The van der Waals surface area contributed by atoms with Crippen molar-refractivity contribution in [1.29, 1.82) is 5.41 Å². The van der Waals surface area contributed by atoms with E-state index >= 15 is 0 Å². The van der Waals surface area contributed by atoms with Crippen molar-refractivity contribution in [2.24, 2.45) is 0 Å². The van der Waals surface area contributed by atoms with Crippen LogP contribution in [-0.4, -0.2) is 13.1 Å². The molecule has 0 aliphatic carbocycles. The lowest BCUT2D eigenvalue weighted by Gasteiger charge is -2.19. The molecule has 0 heterocycles. The fourth-order valence-electron chi connectivity index (χ4n) is 1.47. The first-order valence-corrected chi connectivity index (χ1v) is 5.85. The first-order chi connectivity index (χ1) is 8.66. The van der Waals surface area contributed by atoms with Crippen LogP contribution >= 0.6 is 11.6 Å². The quantitative estimate of drug-likeness (QED) is 0.659. The molecule has 0 fully saturated rings. The maximum atomic E-state index is 7.90. The number of nitrogens with zero attached hydrogens (tertiary/aromatic N) is 1. The van der Waals surface area contributed by atoms with Crippen molar-refractivity contribution < 1.29 is 4.74 Å². The molecule has 2 aromatic rings. The zero-order valence-electron chi connectivity index (χ0n) is 9.93. The highest BCUT2D eigenvalue weighted by atomic mass is 35.5. The van der Waals surface area contributed by atoms with Gasteiger partial charge in [0.1, 0.15) is 5.75 Å². The molecule has 0 aromatic heterocycles. The molecule has 1 N–H and O–H groups in total. The predicted molar refractivity (Wildman–Crippen MR) is 74.7 cm³/mol. The maximum Gasteiger partial charge on any atom is 0.294 e. The van der Waals surface area contributed by atoms with Gasteiger partial charge in [-0.2, -0.15) is 0 Å². The van der Waals surface area contributed by atoms with E-state index in [1.54, 1.807) is 36.2 Å². The van der Waals surface area contributed by atoms with Crippen LogP contribution in [0.1, 0.15) is 0 Å². The Hall–Kier alpha value is -2.00. The van der Waals surface area contributed by atoms with Crippen molar-refractivity contribution in [2.75, 3.05) is 11.9 Å². The molecule has 0 atom stereocenters. The average molecular weight is 261 g/mol. The summed E-state index contributed by atoms with van der Waals surface area (Å²) >= 11 is 5.92. The molecule has 0 aliphatic rings. The predicted octanol–water partition coefficient (Wildman–Crippen LogP) is 3.79.